The van der Waals surface area contributed by atoms with Crippen molar-refractivity contribution in [3.63, 3.8) is 0 Å². The molecule has 0 saturated carbocycles. The fraction of sp³-hybridized carbons (Fsp3) is 0.423. The summed E-state index contributed by atoms with van der Waals surface area (Å²) in [4.78, 5) is 32.1. The van der Waals surface area contributed by atoms with Crippen molar-refractivity contribution in [2.24, 2.45) is 11.5 Å². The molecule has 6 rings (SSSR count). The average Bonchev–Trinajstić information content (AvgIpc) is 3.35. The molecule has 376 valence electrons. The van der Waals surface area contributed by atoms with Crippen LogP contribution in [0.2, 0.25) is 0 Å². The Morgan fingerprint density at radius 3 is 0.829 bits per heavy atom. The van der Waals surface area contributed by atoms with E-state index >= 15 is 0 Å². The predicted octanol–water partition coefficient (Wildman–Crippen LogP) is 4.58. The second-order valence-corrected chi connectivity index (χ2v) is 17.2. The number of amides is 2. The van der Waals surface area contributed by atoms with Gasteiger partial charge in [0.25, 0.3) is 0 Å². The second kappa shape index (κ2) is 29.2. The van der Waals surface area contributed by atoms with Gasteiger partial charge in [-0.25, -0.2) is 0 Å². The first kappa shape index (κ1) is 54.1. The first-order valence-electron chi connectivity index (χ1n) is 24.0. The summed E-state index contributed by atoms with van der Waals surface area (Å²) in [5, 5.41) is 35.5. The number of benzene rings is 4. The molecule has 2 fully saturated rings. The third-order valence-electron chi connectivity index (χ3n) is 11.7. The number of hydrogen-bond acceptors (Lipinski definition) is 14. The van der Waals surface area contributed by atoms with E-state index in [1.165, 1.54) is 13.8 Å². The van der Waals surface area contributed by atoms with Crippen molar-refractivity contribution >= 4 is 35.2 Å². The number of nitrogens with two attached hydrogens (primary N) is 2. The van der Waals surface area contributed by atoms with Crippen LogP contribution in [0.15, 0.2) is 97.1 Å². The normalized spacial score (nSPS) is 14.3. The zero-order valence-corrected chi connectivity index (χ0v) is 40.8. The fourth-order valence-electron chi connectivity index (χ4n) is 7.78. The van der Waals surface area contributed by atoms with E-state index in [1.54, 1.807) is 24.3 Å². The number of piperazine rings is 2. The molecule has 2 heterocycles. The summed E-state index contributed by atoms with van der Waals surface area (Å²) in [5.41, 5.74) is 13.7. The molecule has 2 aliphatic heterocycles. The molecule has 2 saturated heterocycles. The van der Waals surface area contributed by atoms with Gasteiger partial charge in [0.05, 0.1) is 26.4 Å². The monoisotopic (exact) mass is 961 g/mol. The van der Waals surface area contributed by atoms with Crippen molar-refractivity contribution in [2.45, 2.75) is 39.5 Å². The highest BCUT2D eigenvalue weighted by Gasteiger charge is 2.18. The zero-order valence-electron chi connectivity index (χ0n) is 40.8. The lowest BCUT2D eigenvalue weighted by molar-refractivity contribution is -0.118. The molecule has 0 spiro atoms. The van der Waals surface area contributed by atoms with Crippen LogP contribution < -0.4 is 41.0 Å². The number of nitrogens with one attached hydrogen (secondary N) is 6. The van der Waals surface area contributed by atoms with Crippen molar-refractivity contribution in [1.82, 2.24) is 30.2 Å². The molecule has 0 aromatic heterocycles. The third kappa shape index (κ3) is 20.0. The highest BCUT2D eigenvalue weighted by atomic mass is 16.5. The number of ether oxygens (including phenoxy) is 4. The summed E-state index contributed by atoms with van der Waals surface area (Å²) in [6.07, 6.45) is 3.87. The standard InChI is InChI=1S/C28H38N6O4.C24H34N6O2/c1-21(35)31-27(29)23-5-9-25(10-6-23)37-19-3-13-33-15-17-34(18-16-33)14-4-20-38-26-11-7-24(8-12-26)28(30)32-22(2)36;25-23(26)19-3-7-21(8-4-19)31-17-1-11-29-13-15-30(16-14-29)12-2-18-32-22-9-5-20(6-10-22)24(27)28/h5-12H,3-4,13-20H2,1-2H3,(H2,29,31,35)(H2,30,32,36);3-10H,1-2,11-18H2,(H3,25,26)(H3,27,28). The molecule has 2 amide bonds. The van der Waals surface area contributed by atoms with Gasteiger partial charge in [-0.2, -0.15) is 0 Å². The van der Waals surface area contributed by atoms with Crippen LogP contribution >= 0.6 is 0 Å². The van der Waals surface area contributed by atoms with Crippen molar-refractivity contribution in [3.05, 3.63) is 119 Å². The molecule has 0 atom stereocenters. The molecule has 18 heteroatoms. The molecule has 18 nitrogen and oxygen atoms in total. The molecule has 2 aliphatic rings. The number of carbonyl (C=O) groups is 2. The first-order chi connectivity index (χ1) is 33.8. The Labute approximate surface area is 412 Å². The summed E-state index contributed by atoms with van der Waals surface area (Å²) in [5.74, 6) is 2.96. The minimum absolute atomic E-state index is 0.0728. The zero-order chi connectivity index (χ0) is 50.1. The van der Waals surface area contributed by atoms with E-state index in [2.05, 4.69) is 30.2 Å². The van der Waals surface area contributed by atoms with Crippen LogP contribution in [-0.4, -0.2) is 160 Å². The molecule has 4 aromatic carbocycles. The number of rotatable bonds is 24. The van der Waals surface area contributed by atoms with E-state index in [0.29, 0.717) is 48.7 Å². The van der Waals surface area contributed by atoms with Crippen LogP contribution in [0.3, 0.4) is 0 Å². The van der Waals surface area contributed by atoms with Crippen LogP contribution in [-0.2, 0) is 9.59 Å². The van der Waals surface area contributed by atoms with Crippen LogP contribution in [0.5, 0.6) is 23.0 Å². The molecular weight excluding hydrogens is 889 g/mol. The molecular formula is C52H72N12O6. The number of amidine groups is 4. The Balaban J connectivity index is 0.000000265. The van der Waals surface area contributed by atoms with Gasteiger partial charge in [0, 0.05) is 115 Å². The smallest absolute Gasteiger partial charge is 0.222 e. The van der Waals surface area contributed by atoms with E-state index in [4.69, 9.17) is 52.1 Å². The van der Waals surface area contributed by atoms with Crippen LogP contribution in [0, 0.1) is 21.6 Å². The van der Waals surface area contributed by atoms with Gasteiger partial charge in [-0.15, -0.1) is 0 Å². The quantitative estimate of drug-likeness (QED) is 0.0273. The number of carbonyl (C=O) groups excluding carboxylic acids is 2. The van der Waals surface area contributed by atoms with Gasteiger partial charge in [-0.05, 0) is 123 Å². The number of nitrogens with zero attached hydrogens (tertiary/aromatic N) is 4. The number of nitrogen functional groups attached to an aromatic ring is 2. The van der Waals surface area contributed by atoms with Gasteiger partial charge in [-0.3, -0.25) is 31.2 Å². The maximum absolute atomic E-state index is 11.1. The summed E-state index contributed by atoms with van der Waals surface area (Å²) in [6.45, 7) is 18.0. The van der Waals surface area contributed by atoms with Crippen molar-refractivity contribution in [3.8, 4) is 23.0 Å². The van der Waals surface area contributed by atoms with Gasteiger partial charge in [0.15, 0.2) is 0 Å². The van der Waals surface area contributed by atoms with E-state index in [1.807, 2.05) is 72.8 Å². The molecule has 0 aliphatic carbocycles. The van der Waals surface area contributed by atoms with E-state index in [-0.39, 0.29) is 35.2 Å². The Morgan fingerprint density at radius 1 is 0.414 bits per heavy atom. The molecule has 0 bridgehead atoms. The van der Waals surface area contributed by atoms with Crippen molar-refractivity contribution in [2.75, 3.05) is 105 Å². The van der Waals surface area contributed by atoms with Gasteiger partial charge >= 0.3 is 0 Å². The Kier molecular flexibility index (Phi) is 22.6. The van der Waals surface area contributed by atoms with Crippen LogP contribution in [0.25, 0.3) is 0 Å². The fourth-order valence-corrected chi connectivity index (χ4v) is 7.78. The SMILES string of the molecule is CC(=O)NC(=N)c1ccc(OCCCN2CCN(CCCOc3ccc(C(=N)NC(C)=O)cc3)CC2)cc1.N=C(N)c1ccc(OCCCN2CCN(CCCOc3ccc(C(=N)N)cc3)CC2)cc1. The number of hydrogen-bond donors (Lipinski definition) is 8. The Bertz CT molecular complexity index is 2100. The topological polar surface area (TPSA) is 256 Å². The summed E-state index contributed by atoms with van der Waals surface area (Å²) >= 11 is 0. The molecule has 10 N–H and O–H groups in total. The summed E-state index contributed by atoms with van der Waals surface area (Å²) in [6, 6.07) is 29.1. The molecule has 0 unspecified atom stereocenters. The largest absolute Gasteiger partial charge is 0.494 e. The maximum Gasteiger partial charge on any atom is 0.222 e. The maximum atomic E-state index is 11.1. The summed E-state index contributed by atoms with van der Waals surface area (Å²) < 4.78 is 23.3. The van der Waals surface area contributed by atoms with Gasteiger partial charge in [-0.1, -0.05) is 0 Å². The minimum Gasteiger partial charge on any atom is -0.494 e. The molecule has 70 heavy (non-hydrogen) atoms. The minimum atomic E-state index is -0.256. The predicted molar refractivity (Wildman–Crippen MR) is 275 cm³/mol. The Morgan fingerprint density at radius 2 is 0.629 bits per heavy atom. The lowest BCUT2D eigenvalue weighted by atomic mass is 10.2. The van der Waals surface area contributed by atoms with E-state index < -0.39 is 0 Å². The first-order valence-corrected chi connectivity index (χ1v) is 24.0. The average molecular weight is 961 g/mol. The highest BCUT2D eigenvalue weighted by Crippen LogP contribution is 2.16. The Hall–Kier alpha value is -6.86. The third-order valence-corrected chi connectivity index (χ3v) is 11.7. The van der Waals surface area contributed by atoms with Crippen LogP contribution in [0.4, 0.5) is 0 Å². The van der Waals surface area contributed by atoms with Gasteiger partial charge in [0.2, 0.25) is 11.8 Å². The lowest BCUT2D eigenvalue weighted by Gasteiger charge is -2.34. The van der Waals surface area contributed by atoms with Crippen LogP contribution in [0.1, 0.15) is 61.8 Å². The molecule has 4 aromatic rings. The lowest BCUT2D eigenvalue weighted by Crippen LogP contribution is -2.47. The van der Waals surface area contributed by atoms with Crippen molar-refractivity contribution < 1.29 is 28.5 Å². The van der Waals surface area contributed by atoms with Gasteiger partial charge in [0.1, 0.15) is 46.3 Å². The van der Waals surface area contributed by atoms with Gasteiger partial charge < -0.3 is 60.6 Å². The molecule has 0 radical (unpaired) electrons. The van der Waals surface area contributed by atoms with E-state index in [9.17, 15) is 9.59 Å². The van der Waals surface area contributed by atoms with E-state index in [0.717, 1.165) is 127 Å². The second-order valence-electron chi connectivity index (χ2n) is 17.2. The summed E-state index contributed by atoms with van der Waals surface area (Å²) in [7, 11) is 0. The van der Waals surface area contributed by atoms with Crippen molar-refractivity contribution in [1.29, 1.82) is 21.6 Å². The highest BCUT2D eigenvalue weighted by molar-refractivity contribution is 6.06.